The SMILES string of the molecule is C#CCn1c(=NC(=O)c2ccc(Br)cc2)sc2cc(C)cc(C)c21. The van der Waals surface area contributed by atoms with Crippen molar-refractivity contribution in [2.75, 3.05) is 0 Å². The van der Waals surface area contributed by atoms with Crippen molar-refractivity contribution >= 4 is 43.4 Å². The zero-order valence-electron chi connectivity index (χ0n) is 13.3. The Balaban J connectivity index is 2.19. The van der Waals surface area contributed by atoms with Gasteiger partial charge in [0.25, 0.3) is 5.91 Å². The highest BCUT2D eigenvalue weighted by Gasteiger charge is 2.11. The number of aryl methyl sites for hydroxylation is 2. The molecule has 0 radical (unpaired) electrons. The molecule has 3 aromatic rings. The number of carbonyl (C=O) groups is 1. The first kappa shape index (κ1) is 16.7. The molecule has 0 saturated carbocycles. The molecule has 2 aromatic carbocycles. The topological polar surface area (TPSA) is 34.4 Å². The number of fused-ring (bicyclic) bond motifs is 1. The standard InChI is InChI=1S/C19H15BrN2OS/c1-4-9-22-17-13(3)10-12(2)11-16(17)24-19(22)21-18(23)14-5-7-15(20)8-6-14/h1,5-8,10-11H,9H2,2-3H3. The molecule has 3 rings (SSSR count). The molecule has 0 aliphatic rings. The van der Waals surface area contributed by atoms with Crippen LogP contribution in [0.15, 0.2) is 45.9 Å². The van der Waals surface area contributed by atoms with E-state index in [1.807, 2.05) is 16.7 Å². The molecule has 0 unspecified atom stereocenters. The summed E-state index contributed by atoms with van der Waals surface area (Å²) in [5, 5.41) is 0. The van der Waals surface area contributed by atoms with Gasteiger partial charge >= 0.3 is 0 Å². The average molecular weight is 399 g/mol. The van der Waals surface area contributed by atoms with Crippen LogP contribution in [0.4, 0.5) is 0 Å². The normalized spacial score (nSPS) is 11.7. The molecular weight excluding hydrogens is 384 g/mol. The van der Waals surface area contributed by atoms with E-state index in [4.69, 9.17) is 6.42 Å². The van der Waals surface area contributed by atoms with Gasteiger partial charge in [-0.2, -0.15) is 4.99 Å². The largest absolute Gasteiger partial charge is 0.304 e. The number of rotatable bonds is 2. The van der Waals surface area contributed by atoms with Crippen LogP contribution in [-0.2, 0) is 6.54 Å². The van der Waals surface area contributed by atoms with Gasteiger partial charge in [0.15, 0.2) is 4.80 Å². The Hall–Kier alpha value is -2.16. The van der Waals surface area contributed by atoms with Gasteiger partial charge < -0.3 is 4.57 Å². The number of hydrogen-bond donors (Lipinski definition) is 0. The maximum atomic E-state index is 12.5. The lowest BCUT2D eigenvalue weighted by Gasteiger charge is -2.04. The maximum Gasteiger partial charge on any atom is 0.279 e. The Morgan fingerprint density at radius 2 is 2.00 bits per heavy atom. The van der Waals surface area contributed by atoms with Gasteiger partial charge in [-0.05, 0) is 55.3 Å². The smallest absolute Gasteiger partial charge is 0.279 e. The number of aromatic nitrogens is 1. The van der Waals surface area contributed by atoms with Crippen LogP contribution >= 0.6 is 27.3 Å². The molecule has 1 amide bonds. The number of thiazole rings is 1. The molecule has 1 heterocycles. The fourth-order valence-electron chi connectivity index (χ4n) is 2.66. The lowest BCUT2D eigenvalue weighted by Crippen LogP contribution is -2.16. The van der Waals surface area contributed by atoms with Crippen molar-refractivity contribution in [2.24, 2.45) is 4.99 Å². The van der Waals surface area contributed by atoms with Crippen molar-refractivity contribution in [2.45, 2.75) is 20.4 Å². The Bertz CT molecular complexity index is 1040. The van der Waals surface area contributed by atoms with Gasteiger partial charge in [-0.25, -0.2) is 0 Å². The molecule has 0 atom stereocenters. The monoisotopic (exact) mass is 398 g/mol. The second kappa shape index (κ2) is 6.76. The summed E-state index contributed by atoms with van der Waals surface area (Å²) in [7, 11) is 0. The highest BCUT2D eigenvalue weighted by atomic mass is 79.9. The minimum Gasteiger partial charge on any atom is -0.304 e. The Morgan fingerprint density at radius 1 is 1.29 bits per heavy atom. The van der Waals surface area contributed by atoms with Gasteiger partial charge in [0.05, 0.1) is 16.8 Å². The summed E-state index contributed by atoms with van der Waals surface area (Å²) in [5.74, 6) is 2.39. The molecule has 0 fully saturated rings. The Labute approximate surface area is 152 Å². The molecule has 0 aliphatic heterocycles. The van der Waals surface area contributed by atoms with Crippen molar-refractivity contribution < 1.29 is 4.79 Å². The number of amides is 1. The van der Waals surface area contributed by atoms with Crippen molar-refractivity contribution in [3.8, 4) is 12.3 Å². The van der Waals surface area contributed by atoms with E-state index in [0.29, 0.717) is 16.9 Å². The van der Waals surface area contributed by atoms with Crippen LogP contribution in [0, 0.1) is 26.2 Å². The molecular formula is C19H15BrN2OS. The van der Waals surface area contributed by atoms with Crippen LogP contribution < -0.4 is 4.80 Å². The molecule has 0 N–H and O–H groups in total. The van der Waals surface area contributed by atoms with Crippen molar-refractivity contribution in [1.29, 1.82) is 0 Å². The molecule has 1 aromatic heterocycles. The van der Waals surface area contributed by atoms with Crippen LogP contribution in [0.3, 0.4) is 0 Å². The first-order chi connectivity index (χ1) is 11.5. The van der Waals surface area contributed by atoms with E-state index in [2.05, 4.69) is 52.8 Å². The Morgan fingerprint density at radius 3 is 2.67 bits per heavy atom. The molecule has 0 bridgehead atoms. The zero-order valence-corrected chi connectivity index (χ0v) is 15.7. The molecule has 5 heteroatoms. The third kappa shape index (κ3) is 3.21. The number of nitrogens with zero attached hydrogens (tertiary/aromatic N) is 2. The van der Waals surface area contributed by atoms with Crippen LogP contribution in [-0.4, -0.2) is 10.5 Å². The lowest BCUT2D eigenvalue weighted by molar-refractivity contribution is 0.0998. The van der Waals surface area contributed by atoms with Crippen molar-refractivity contribution in [3.63, 3.8) is 0 Å². The predicted molar refractivity (Wildman–Crippen MR) is 102 cm³/mol. The number of halogens is 1. The minimum absolute atomic E-state index is 0.269. The third-order valence-electron chi connectivity index (χ3n) is 3.65. The first-order valence-electron chi connectivity index (χ1n) is 7.38. The van der Waals surface area contributed by atoms with Gasteiger partial charge in [0.1, 0.15) is 0 Å². The molecule has 0 spiro atoms. The van der Waals surface area contributed by atoms with Crippen LogP contribution in [0.2, 0.25) is 0 Å². The third-order valence-corrected chi connectivity index (χ3v) is 5.20. The Kier molecular flexibility index (Phi) is 4.70. The van der Waals surface area contributed by atoms with Crippen molar-refractivity contribution in [3.05, 3.63) is 62.4 Å². The second-order valence-corrected chi connectivity index (χ2v) is 7.45. The van der Waals surface area contributed by atoms with Gasteiger partial charge in [-0.15, -0.1) is 6.42 Å². The number of benzene rings is 2. The number of carbonyl (C=O) groups excluding carboxylic acids is 1. The van der Waals surface area contributed by atoms with Gasteiger partial charge in [0, 0.05) is 10.0 Å². The number of hydrogen-bond acceptors (Lipinski definition) is 2. The van der Waals surface area contributed by atoms with E-state index in [0.717, 1.165) is 20.3 Å². The van der Waals surface area contributed by atoms with E-state index < -0.39 is 0 Å². The molecule has 3 nitrogen and oxygen atoms in total. The second-order valence-electron chi connectivity index (χ2n) is 5.53. The van der Waals surface area contributed by atoms with E-state index in [9.17, 15) is 4.79 Å². The van der Waals surface area contributed by atoms with E-state index >= 15 is 0 Å². The summed E-state index contributed by atoms with van der Waals surface area (Å²) in [6, 6.07) is 11.4. The highest BCUT2D eigenvalue weighted by Crippen LogP contribution is 2.23. The van der Waals surface area contributed by atoms with Crippen LogP contribution in [0.1, 0.15) is 21.5 Å². The summed E-state index contributed by atoms with van der Waals surface area (Å²) in [6.45, 7) is 4.49. The minimum atomic E-state index is -0.269. The van der Waals surface area contributed by atoms with Gasteiger partial charge in [-0.1, -0.05) is 39.3 Å². The molecule has 0 saturated heterocycles. The quantitative estimate of drug-likeness (QED) is 0.586. The fraction of sp³-hybridized carbons (Fsp3) is 0.158. The molecule has 0 aliphatic carbocycles. The van der Waals surface area contributed by atoms with Gasteiger partial charge in [-0.3, -0.25) is 4.79 Å². The van der Waals surface area contributed by atoms with Crippen molar-refractivity contribution in [1.82, 2.24) is 4.57 Å². The number of terminal acetylenes is 1. The molecule has 24 heavy (non-hydrogen) atoms. The zero-order chi connectivity index (χ0) is 17.3. The summed E-state index contributed by atoms with van der Waals surface area (Å²) in [5.41, 5.74) is 3.91. The van der Waals surface area contributed by atoms with E-state index in [1.54, 1.807) is 12.1 Å². The summed E-state index contributed by atoms with van der Waals surface area (Å²) in [4.78, 5) is 17.4. The predicted octanol–water partition coefficient (Wildman–Crippen LogP) is 4.46. The van der Waals surface area contributed by atoms with E-state index in [1.165, 1.54) is 16.9 Å². The highest BCUT2D eigenvalue weighted by molar-refractivity contribution is 9.10. The summed E-state index contributed by atoms with van der Waals surface area (Å²) < 4.78 is 3.95. The van der Waals surface area contributed by atoms with E-state index in [-0.39, 0.29) is 5.91 Å². The lowest BCUT2D eigenvalue weighted by atomic mass is 10.1. The average Bonchev–Trinajstić information content (AvgIpc) is 2.85. The summed E-state index contributed by atoms with van der Waals surface area (Å²) >= 11 is 4.85. The summed E-state index contributed by atoms with van der Waals surface area (Å²) in [6.07, 6.45) is 5.52. The first-order valence-corrected chi connectivity index (χ1v) is 8.99. The fourth-order valence-corrected chi connectivity index (χ4v) is 4.13. The van der Waals surface area contributed by atoms with Crippen LogP contribution in [0.5, 0.6) is 0 Å². The van der Waals surface area contributed by atoms with Gasteiger partial charge in [0.2, 0.25) is 0 Å². The van der Waals surface area contributed by atoms with Crippen LogP contribution in [0.25, 0.3) is 10.2 Å². The maximum absolute atomic E-state index is 12.5. The molecule has 120 valence electrons.